The van der Waals surface area contributed by atoms with Gasteiger partial charge in [-0.15, -0.1) is 0 Å². The van der Waals surface area contributed by atoms with Crippen LogP contribution in [0.25, 0.3) is 0 Å². The minimum atomic E-state index is -3.36. The highest BCUT2D eigenvalue weighted by atomic mass is 32.2. The summed E-state index contributed by atoms with van der Waals surface area (Å²) < 4.78 is 27.6. The highest BCUT2D eigenvalue weighted by Crippen LogP contribution is 2.06. The zero-order valence-electron chi connectivity index (χ0n) is 10.1. The maximum absolute atomic E-state index is 11.8. The predicted molar refractivity (Wildman–Crippen MR) is 71.3 cm³/mol. The van der Waals surface area contributed by atoms with Gasteiger partial charge in [-0.3, -0.25) is 0 Å². The first-order valence-electron chi connectivity index (χ1n) is 5.43. The van der Waals surface area contributed by atoms with Crippen molar-refractivity contribution in [3.63, 3.8) is 0 Å². The molecule has 0 aliphatic rings. The van der Waals surface area contributed by atoms with Crippen LogP contribution in [0.4, 0.5) is 0 Å². The summed E-state index contributed by atoms with van der Waals surface area (Å²) in [7, 11) is 0.0828. The van der Waals surface area contributed by atoms with E-state index in [0.717, 1.165) is 18.5 Å². The third-order valence-electron chi connectivity index (χ3n) is 2.35. The molecule has 0 radical (unpaired) electrons. The summed E-state index contributed by atoms with van der Waals surface area (Å²) in [5.74, 6) is 0. The van der Waals surface area contributed by atoms with Crippen LogP contribution in [0.2, 0.25) is 0 Å². The first-order valence-corrected chi connectivity index (χ1v) is 7.81. The van der Waals surface area contributed by atoms with E-state index in [9.17, 15) is 8.42 Å². The molecular formula is C10H19N3O2S2. The van der Waals surface area contributed by atoms with Crippen LogP contribution in [-0.2, 0) is 16.8 Å². The Labute approximate surface area is 107 Å². The SMILES string of the molecule is CNCCCN(C)S(=O)(=O)NCc1ccsc1. The normalized spacial score (nSPS) is 12.2. The van der Waals surface area contributed by atoms with Crippen molar-refractivity contribution in [2.75, 3.05) is 27.2 Å². The van der Waals surface area contributed by atoms with E-state index < -0.39 is 10.2 Å². The number of rotatable bonds is 8. The monoisotopic (exact) mass is 277 g/mol. The molecule has 0 fully saturated rings. The zero-order chi connectivity index (χ0) is 12.7. The minimum Gasteiger partial charge on any atom is -0.320 e. The second-order valence-corrected chi connectivity index (χ2v) is 6.38. The van der Waals surface area contributed by atoms with Crippen LogP contribution in [0.1, 0.15) is 12.0 Å². The highest BCUT2D eigenvalue weighted by molar-refractivity contribution is 7.87. The number of thiophene rings is 1. The van der Waals surface area contributed by atoms with E-state index in [1.54, 1.807) is 18.4 Å². The Morgan fingerprint density at radius 2 is 2.24 bits per heavy atom. The van der Waals surface area contributed by atoms with Gasteiger partial charge in [0.15, 0.2) is 0 Å². The topological polar surface area (TPSA) is 61.4 Å². The fourth-order valence-electron chi connectivity index (χ4n) is 1.28. The molecule has 0 atom stereocenters. The van der Waals surface area contributed by atoms with Gasteiger partial charge in [0.25, 0.3) is 10.2 Å². The molecule has 5 nitrogen and oxygen atoms in total. The minimum absolute atomic E-state index is 0.349. The average Bonchev–Trinajstić information content (AvgIpc) is 2.79. The zero-order valence-corrected chi connectivity index (χ0v) is 11.8. The van der Waals surface area contributed by atoms with Crippen LogP contribution in [0.5, 0.6) is 0 Å². The highest BCUT2D eigenvalue weighted by Gasteiger charge is 2.16. The molecule has 0 unspecified atom stereocenters. The molecule has 17 heavy (non-hydrogen) atoms. The van der Waals surface area contributed by atoms with Gasteiger partial charge in [-0.1, -0.05) is 0 Å². The molecule has 0 saturated heterocycles. The van der Waals surface area contributed by atoms with Gasteiger partial charge < -0.3 is 5.32 Å². The predicted octanol–water partition coefficient (Wildman–Crippen LogP) is 0.624. The summed E-state index contributed by atoms with van der Waals surface area (Å²) in [5.41, 5.74) is 0.988. The van der Waals surface area contributed by atoms with Gasteiger partial charge in [0.2, 0.25) is 0 Å². The van der Waals surface area contributed by atoms with Gasteiger partial charge in [-0.25, -0.2) is 0 Å². The van der Waals surface area contributed by atoms with E-state index in [0.29, 0.717) is 13.1 Å². The summed E-state index contributed by atoms with van der Waals surface area (Å²) in [6.45, 7) is 1.67. The summed E-state index contributed by atoms with van der Waals surface area (Å²) in [6, 6.07) is 1.91. The maximum atomic E-state index is 11.8. The van der Waals surface area contributed by atoms with Crippen LogP contribution in [-0.4, -0.2) is 39.9 Å². The van der Waals surface area contributed by atoms with E-state index >= 15 is 0 Å². The van der Waals surface area contributed by atoms with Crippen molar-refractivity contribution in [2.45, 2.75) is 13.0 Å². The van der Waals surface area contributed by atoms with Crippen molar-refractivity contribution in [1.82, 2.24) is 14.3 Å². The van der Waals surface area contributed by atoms with Crippen molar-refractivity contribution in [2.24, 2.45) is 0 Å². The fourth-order valence-corrected chi connectivity index (χ4v) is 2.88. The van der Waals surface area contributed by atoms with E-state index in [1.807, 2.05) is 23.9 Å². The summed E-state index contributed by atoms with van der Waals surface area (Å²) in [6.07, 6.45) is 0.798. The summed E-state index contributed by atoms with van der Waals surface area (Å²) in [5, 5.41) is 6.85. The van der Waals surface area contributed by atoms with Gasteiger partial charge in [-0.05, 0) is 42.4 Å². The van der Waals surface area contributed by atoms with Crippen molar-refractivity contribution in [3.05, 3.63) is 22.4 Å². The Hall–Kier alpha value is -0.470. The van der Waals surface area contributed by atoms with Crippen LogP contribution < -0.4 is 10.0 Å². The van der Waals surface area contributed by atoms with E-state index in [-0.39, 0.29) is 0 Å². The van der Waals surface area contributed by atoms with Crippen LogP contribution in [0.3, 0.4) is 0 Å². The number of nitrogens with one attached hydrogen (secondary N) is 2. The van der Waals surface area contributed by atoms with E-state index in [2.05, 4.69) is 10.0 Å². The molecule has 0 saturated carbocycles. The van der Waals surface area contributed by atoms with E-state index in [4.69, 9.17) is 0 Å². The van der Waals surface area contributed by atoms with Gasteiger partial charge >= 0.3 is 0 Å². The lowest BCUT2D eigenvalue weighted by Gasteiger charge is -2.17. The van der Waals surface area contributed by atoms with Crippen molar-refractivity contribution < 1.29 is 8.42 Å². The Balaban J connectivity index is 2.39. The first kappa shape index (κ1) is 14.6. The summed E-state index contributed by atoms with van der Waals surface area (Å²) in [4.78, 5) is 0. The second-order valence-electron chi connectivity index (χ2n) is 3.74. The molecule has 0 spiro atoms. The van der Waals surface area contributed by atoms with E-state index in [1.165, 1.54) is 4.31 Å². The molecule has 1 heterocycles. The molecule has 0 bridgehead atoms. The molecule has 0 amide bonds. The standard InChI is InChI=1S/C10H19N3O2S2/c1-11-5-3-6-13(2)17(14,15)12-8-10-4-7-16-9-10/h4,7,9,11-12H,3,5-6,8H2,1-2H3. The maximum Gasteiger partial charge on any atom is 0.279 e. The molecule has 0 aliphatic carbocycles. The quantitative estimate of drug-likeness (QED) is 0.685. The Kier molecular flexibility index (Phi) is 6.07. The largest absolute Gasteiger partial charge is 0.320 e. The Bertz CT molecular complexity index is 403. The lowest BCUT2D eigenvalue weighted by atomic mass is 10.4. The molecule has 7 heteroatoms. The average molecular weight is 277 g/mol. The van der Waals surface area contributed by atoms with Gasteiger partial charge in [0.05, 0.1) is 0 Å². The number of hydrogen-bond acceptors (Lipinski definition) is 4. The van der Waals surface area contributed by atoms with Crippen LogP contribution in [0.15, 0.2) is 16.8 Å². The van der Waals surface area contributed by atoms with Crippen LogP contribution >= 0.6 is 11.3 Å². The third-order valence-corrected chi connectivity index (χ3v) is 4.59. The Morgan fingerprint density at radius 3 is 2.82 bits per heavy atom. The lowest BCUT2D eigenvalue weighted by molar-refractivity contribution is 0.447. The Morgan fingerprint density at radius 1 is 1.47 bits per heavy atom. The smallest absolute Gasteiger partial charge is 0.279 e. The van der Waals surface area contributed by atoms with Crippen LogP contribution in [0, 0.1) is 0 Å². The molecule has 98 valence electrons. The van der Waals surface area contributed by atoms with Gasteiger partial charge in [-0.2, -0.15) is 28.8 Å². The first-order chi connectivity index (χ1) is 8.06. The molecule has 1 aromatic rings. The van der Waals surface area contributed by atoms with Crippen molar-refractivity contribution >= 4 is 21.5 Å². The molecular weight excluding hydrogens is 258 g/mol. The molecule has 1 aromatic heterocycles. The number of hydrogen-bond donors (Lipinski definition) is 2. The van der Waals surface area contributed by atoms with Gasteiger partial charge in [0.1, 0.15) is 0 Å². The molecule has 0 aromatic carbocycles. The lowest BCUT2D eigenvalue weighted by Crippen LogP contribution is -2.38. The number of nitrogens with zero attached hydrogens (tertiary/aromatic N) is 1. The summed E-state index contributed by atoms with van der Waals surface area (Å²) >= 11 is 1.56. The van der Waals surface area contributed by atoms with Gasteiger partial charge in [0, 0.05) is 20.1 Å². The molecule has 1 rings (SSSR count). The molecule has 0 aliphatic heterocycles. The second kappa shape index (κ2) is 7.07. The third kappa shape index (κ3) is 5.13. The van der Waals surface area contributed by atoms with Crippen molar-refractivity contribution in [3.8, 4) is 0 Å². The fraction of sp³-hybridized carbons (Fsp3) is 0.600. The van der Waals surface area contributed by atoms with Crippen molar-refractivity contribution in [1.29, 1.82) is 0 Å². The molecule has 2 N–H and O–H groups in total.